The molecule has 1 N–H and O–H groups in total. The average Bonchev–Trinajstić information content (AvgIpc) is 3.26. The lowest BCUT2D eigenvalue weighted by Gasteiger charge is -2.45. The molecule has 3 heterocycles. The first-order chi connectivity index (χ1) is 13.5. The van der Waals surface area contributed by atoms with Crippen LogP contribution in [-0.2, 0) is 16.1 Å². The molecule has 2 aromatic rings. The number of ether oxygens (including phenoxy) is 1. The van der Waals surface area contributed by atoms with Gasteiger partial charge in [-0.15, -0.1) is 11.3 Å². The topological polar surface area (TPSA) is 63.6 Å². The van der Waals surface area contributed by atoms with E-state index in [2.05, 4.69) is 12.2 Å². The number of carbonyl (C=O) groups is 2. The van der Waals surface area contributed by atoms with Gasteiger partial charge in [0.2, 0.25) is 5.91 Å². The van der Waals surface area contributed by atoms with Crippen molar-refractivity contribution in [2.45, 2.75) is 57.7 Å². The van der Waals surface area contributed by atoms with E-state index in [1.165, 1.54) is 6.42 Å². The molecule has 1 fully saturated rings. The molecule has 1 saturated carbocycles. The van der Waals surface area contributed by atoms with Crippen LogP contribution in [0.3, 0.4) is 0 Å². The third-order valence-corrected chi connectivity index (χ3v) is 7.34. The lowest BCUT2D eigenvalue weighted by molar-refractivity contribution is -0.134. The maximum Gasteiger partial charge on any atom is 0.271 e. The molecule has 0 aromatic carbocycles. The molecule has 3 unspecified atom stereocenters. The van der Waals surface area contributed by atoms with Crippen LogP contribution in [0.1, 0.15) is 50.0 Å². The second-order valence-electron chi connectivity index (χ2n) is 8.35. The summed E-state index contributed by atoms with van der Waals surface area (Å²) in [4.78, 5) is 28.5. The maximum atomic E-state index is 13.5. The van der Waals surface area contributed by atoms with Crippen molar-refractivity contribution in [1.82, 2.24) is 14.8 Å². The zero-order valence-corrected chi connectivity index (χ0v) is 17.7. The van der Waals surface area contributed by atoms with E-state index < -0.39 is 5.54 Å². The highest BCUT2D eigenvalue weighted by molar-refractivity contribution is 7.17. The van der Waals surface area contributed by atoms with E-state index in [1.54, 1.807) is 23.3 Å². The first-order valence-electron chi connectivity index (χ1n) is 10.1. The van der Waals surface area contributed by atoms with Gasteiger partial charge in [0.05, 0.1) is 23.4 Å². The molecular formula is C21H29N3O3S. The van der Waals surface area contributed by atoms with Crippen LogP contribution in [0.5, 0.6) is 0 Å². The average molecular weight is 404 g/mol. The summed E-state index contributed by atoms with van der Waals surface area (Å²) in [6.45, 7) is 5.37. The first kappa shape index (κ1) is 19.5. The zero-order chi connectivity index (χ0) is 19.9. The normalized spacial score (nSPS) is 27.8. The van der Waals surface area contributed by atoms with Gasteiger partial charge < -0.3 is 19.5 Å². The van der Waals surface area contributed by atoms with Gasteiger partial charge in [0, 0.05) is 19.7 Å². The molecule has 2 aromatic heterocycles. The van der Waals surface area contributed by atoms with Crippen molar-refractivity contribution < 1.29 is 14.3 Å². The number of nitrogens with one attached hydrogen (secondary N) is 1. The van der Waals surface area contributed by atoms with Gasteiger partial charge in [-0.05, 0) is 43.2 Å². The summed E-state index contributed by atoms with van der Waals surface area (Å²) in [5.41, 5.74) is 0.757. The van der Waals surface area contributed by atoms with E-state index in [9.17, 15) is 9.59 Å². The Balaban J connectivity index is 1.68. The predicted molar refractivity (Wildman–Crippen MR) is 111 cm³/mol. The van der Waals surface area contributed by atoms with Crippen LogP contribution in [0.4, 0.5) is 0 Å². The van der Waals surface area contributed by atoms with Gasteiger partial charge in [0.15, 0.2) is 0 Å². The summed E-state index contributed by atoms with van der Waals surface area (Å²) in [7, 11) is 1.62. The fourth-order valence-electron chi connectivity index (χ4n) is 4.66. The minimum atomic E-state index is -0.937. The Morgan fingerprint density at radius 2 is 2.18 bits per heavy atom. The summed E-state index contributed by atoms with van der Waals surface area (Å²) in [5.74, 6) is 0.318. The van der Waals surface area contributed by atoms with Crippen LogP contribution < -0.4 is 5.32 Å². The molecule has 7 heteroatoms. The van der Waals surface area contributed by atoms with Crippen LogP contribution in [0.2, 0.25) is 0 Å². The van der Waals surface area contributed by atoms with Crippen LogP contribution in [0, 0.1) is 5.92 Å². The second-order valence-corrected chi connectivity index (χ2v) is 9.30. The maximum absolute atomic E-state index is 13.5. The van der Waals surface area contributed by atoms with E-state index in [1.807, 2.05) is 29.0 Å². The highest BCUT2D eigenvalue weighted by Crippen LogP contribution is 2.34. The summed E-state index contributed by atoms with van der Waals surface area (Å²) >= 11 is 1.62. The highest BCUT2D eigenvalue weighted by atomic mass is 32.1. The Hall–Kier alpha value is -1.86. The summed E-state index contributed by atoms with van der Waals surface area (Å²) in [6, 6.07) is 4.16. The largest absolute Gasteiger partial charge is 0.383 e. The van der Waals surface area contributed by atoms with E-state index >= 15 is 0 Å². The molecule has 4 rings (SSSR count). The number of hydrogen-bond acceptors (Lipinski definition) is 4. The Kier molecular flexibility index (Phi) is 5.22. The SMILES string of the molecule is COCCN1C(=O)c2cc3sccc3n2CC1(C)C(=O)NC1CCCCC1C. The van der Waals surface area contributed by atoms with E-state index in [-0.39, 0.29) is 17.9 Å². The fraction of sp³-hybridized carbons (Fsp3) is 0.619. The number of rotatable bonds is 5. The number of thiophene rings is 1. The van der Waals surface area contributed by atoms with Gasteiger partial charge in [0.25, 0.3) is 5.91 Å². The molecule has 28 heavy (non-hydrogen) atoms. The van der Waals surface area contributed by atoms with Gasteiger partial charge in [-0.25, -0.2) is 0 Å². The third kappa shape index (κ3) is 3.14. The van der Waals surface area contributed by atoms with Crippen LogP contribution in [0.15, 0.2) is 17.5 Å². The lowest BCUT2D eigenvalue weighted by atomic mass is 9.85. The Labute approximate surface area is 169 Å². The minimum absolute atomic E-state index is 0.0570. The molecule has 0 spiro atoms. The molecular weight excluding hydrogens is 374 g/mol. The number of carbonyl (C=O) groups excluding carboxylic acids is 2. The number of methoxy groups -OCH3 is 1. The predicted octanol–water partition coefficient (Wildman–Crippen LogP) is 3.26. The van der Waals surface area contributed by atoms with E-state index in [0.717, 1.165) is 29.5 Å². The summed E-state index contributed by atoms with van der Waals surface area (Å²) < 4.78 is 8.33. The molecule has 3 atom stereocenters. The van der Waals surface area contributed by atoms with Gasteiger partial charge in [-0.3, -0.25) is 9.59 Å². The van der Waals surface area contributed by atoms with Gasteiger partial charge in [-0.1, -0.05) is 19.8 Å². The van der Waals surface area contributed by atoms with Crippen molar-refractivity contribution in [1.29, 1.82) is 0 Å². The molecule has 0 saturated heterocycles. The van der Waals surface area contributed by atoms with Gasteiger partial charge >= 0.3 is 0 Å². The molecule has 6 nitrogen and oxygen atoms in total. The number of hydrogen-bond donors (Lipinski definition) is 1. The summed E-state index contributed by atoms with van der Waals surface area (Å²) in [6.07, 6.45) is 4.53. The fourth-order valence-corrected chi connectivity index (χ4v) is 5.48. The Morgan fingerprint density at radius 3 is 2.93 bits per heavy atom. The molecule has 2 amide bonds. The van der Waals surface area contributed by atoms with Crippen molar-refractivity contribution in [2.75, 3.05) is 20.3 Å². The number of nitrogens with zero attached hydrogens (tertiary/aromatic N) is 2. The van der Waals surface area contributed by atoms with Gasteiger partial charge in [0.1, 0.15) is 11.2 Å². The smallest absolute Gasteiger partial charge is 0.271 e. The standard InChI is InChI=1S/C21H29N3O3S/c1-14-6-4-5-7-15(14)22-20(26)21(2)13-23-16-8-11-28-18(16)12-17(23)19(25)24(21)9-10-27-3/h8,11-12,14-15H,4-7,9-10,13H2,1-3H3,(H,22,26). The quantitative estimate of drug-likeness (QED) is 0.833. The van der Waals surface area contributed by atoms with Crippen LogP contribution in [-0.4, -0.2) is 53.1 Å². The Bertz CT molecular complexity index is 889. The van der Waals surface area contributed by atoms with Gasteiger partial charge in [-0.2, -0.15) is 0 Å². The Morgan fingerprint density at radius 1 is 1.39 bits per heavy atom. The highest BCUT2D eigenvalue weighted by Gasteiger charge is 2.48. The molecule has 1 aliphatic carbocycles. The van der Waals surface area contributed by atoms with Crippen LogP contribution >= 0.6 is 11.3 Å². The number of fused-ring (bicyclic) bond motifs is 3. The van der Waals surface area contributed by atoms with E-state index in [4.69, 9.17) is 4.74 Å². The van der Waals surface area contributed by atoms with Crippen molar-refractivity contribution >= 4 is 33.4 Å². The zero-order valence-electron chi connectivity index (χ0n) is 16.9. The third-order valence-electron chi connectivity index (χ3n) is 6.48. The van der Waals surface area contributed by atoms with Crippen molar-refractivity contribution in [3.05, 3.63) is 23.2 Å². The number of amides is 2. The van der Waals surface area contributed by atoms with Crippen molar-refractivity contribution in [2.24, 2.45) is 5.92 Å². The van der Waals surface area contributed by atoms with E-state index in [0.29, 0.717) is 31.3 Å². The van der Waals surface area contributed by atoms with Crippen molar-refractivity contribution in [3.8, 4) is 0 Å². The minimum Gasteiger partial charge on any atom is -0.383 e. The molecule has 1 aliphatic heterocycles. The second kappa shape index (κ2) is 7.52. The number of aromatic nitrogens is 1. The molecule has 2 aliphatic rings. The summed E-state index contributed by atoms with van der Waals surface area (Å²) in [5, 5.41) is 5.31. The van der Waals surface area contributed by atoms with Crippen LogP contribution in [0.25, 0.3) is 10.2 Å². The molecule has 0 bridgehead atoms. The van der Waals surface area contributed by atoms with Crippen molar-refractivity contribution in [3.63, 3.8) is 0 Å². The monoisotopic (exact) mass is 403 g/mol. The first-order valence-corrected chi connectivity index (χ1v) is 11.0. The molecule has 0 radical (unpaired) electrons. The lowest BCUT2D eigenvalue weighted by Crippen LogP contribution is -2.65. The molecule has 152 valence electrons.